The molecule has 1 saturated carbocycles. The van der Waals surface area contributed by atoms with Gasteiger partial charge < -0.3 is 23.5 Å². The van der Waals surface area contributed by atoms with Gasteiger partial charge in [-0.2, -0.15) is 10.2 Å². The number of alkyl halides is 1. The highest BCUT2D eigenvalue weighted by Crippen LogP contribution is 2.61. The maximum atomic E-state index is 16.4. The van der Waals surface area contributed by atoms with Crippen molar-refractivity contribution in [1.29, 1.82) is 5.26 Å². The molecule has 0 aromatic carbocycles. The van der Waals surface area contributed by atoms with Crippen LogP contribution in [0.1, 0.15) is 60.6 Å². The van der Waals surface area contributed by atoms with Gasteiger partial charge in [0, 0.05) is 18.0 Å². The van der Waals surface area contributed by atoms with Crippen LogP contribution in [-0.2, 0) is 52.9 Å². The number of anilines is 2. The van der Waals surface area contributed by atoms with E-state index >= 15 is 4.39 Å². The first-order valence-corrected chi connectivity index (χ1v) is 27.2. The number of H-pyrrole nitrogens is 1. The molecule has 5 heterocycles. The van der Waals surface area contributed by atoms with Gasteiger partial charge in [-0.15, -0.1) is 0 Å². The maximum absolute atomic E-state index is 16.4. The van der Waals surface area contributed by atoms with E-state index in [4.69, 9.17) is 43.6 Å². The van der Waals surface area contributed by atoms with E-state index in [-0.39, 0.29) is 48.2 Å². The van der Waals surface area contributed by atoms with Gasteiger partial charge in [0.1, 0.15) is 42.7 Å². The Hall–Kier alpha value is -2.71. The molecule has 3 aromatic rings. The average molecular weight is 918 g/mol. The van der Waals surface area contributed by atoms with Crippen molar-refractivity contribution in [3.63, 3.8) is 0 Å². The third-order valence-electron chi connectivity index (χ3n) is 10.7. The quantitative estimate of drug-likeness (QED) is 0.0786. The Balaban J connectivity index is 1.46. The van der Waals surface area contributed by atoms with Crippen molar-refractivity contribution < 1.29 is 45.5 Å². The Kier molecular flexibility index (Phi) is 13.9. The molecule has 1 amide bonds. The first kappa shape index (κ1) is 45.8. The Morgan fingerprint density at radius 3 is 2.64 bits per heavy atom. The lowest BCUT2D eigenvalue weighted by molar-refractivity contribution is -0.118. The number of amides is 1. The van der Waals surface area contributed by atoms with Gasteiger partial charge in [0.15, 0.2) is 25.7 Å². The zero-order valence-corrected chi connectivity index (χ0v) is 38.3. The van der Waals surface area contributed by atoms with Crippen molar-refractivity contribution >= 4 is 74.7 Å². The molecule has 1 aliphatic carbocycles. The predicted octanol–water partition coefficient (Wildman–Crippen LogP) is 6.03. The molecule has 59 heavy (non-hydrogen) atoms. The molecule has 25 heteroatoms. The van der Waals surface area contributed by atoms with Crippen molar-refractivity contribution in [1.82, 2.24) is 29.5 Å². The molecule has 324 valence electrons. The summed E-state index contributed by atoms with van der Waals surface area (Å²) in [5, 5.41) is 14.7. The van der Waals surface area contributed by atoms with E-state index in [1.165, 1.54) is 23.4 Å². The molecule has 3 unspecified atom stereocenters. The minimum atomic E-state index is -4.40. The molecular formula is C34H50FN9O10P2S2Si. The van der Waals surface area contributed by atoms with Crippen LogP contribution < -0.4 is 16.2 Å². The average Bonchev–Trinajstić information content (AvgIpc) is 3.80. The fourth-order valence-corrected chi connectivity index (χ4v) is 12.0. The molecule has 2 bridgehead atoms. The van der Waals surface area contributed by atoms with Crippen molar-refractivity contribution in [3.05, 3.63) is 35.3 Å². The van der Waals surface area contributed by atoms with E-state index in [0.717, 1.165) is 0 Å². The summed E-state index contributed by atoms with van der Waals surface area (Å²) in [5.41, 5.74) is -0.703. The number of fused-ring (bicyclic) bond motifs is 4. The third-order valence-corrected chi connectivity index (χ3v) is 19.3. The topological polar surface area (TPSA) is 236 Å². The number of nitrogens with one attached hydrogen (secondary N) is 3. The second-order valence-corrected chi connectivity index (χ2v) is 27.0. The monoisotopic (exact) mass is 917 g/mol. The summed E-state index contributed by atoms with van der Waals surface area (Å²) in [6, 6.07) is 2.73. The zero-order chi connectivity index (χ0) is 43.1. The minimum absolute atomic E-state index is 0.0145. The van der Waals surface area contributed by atoms with Crippen LogP contribution in [0.4, 0.5) is 16.2 Å². The number of ether oxygens (including phenoxy) is 1. The van der Waals surface area contributed by atoms with Crippen LogP contribution in [0.15, 0.2) is 29.7 Å². The number of imidazole rings is 1. The highest BCUT2D eigenvalue weighted by Gasteiger charge is 2.57. The second kappa shape index (κ2) is 17.9. The number of aromatic nitrogens is 6. The largest absolute Gasteiger partial charge is 0.408 e. The standard InChI is InChI=1S/C34H50FN9O10P2S2Si/c1-18(2)30(45)42-33-41-29-24(31(46)43-33)39-17-44(29)32-28-27(54-59(7,8)34(4,5)6)25(50-32)19(3)51-55(47,57)52-26-20(15-49-56(58,53-28)48-13-9-11-36)14-21(23(26)35)40-22-10-12-37-16-38-22/h10,12,16-21,23,25-28,32H,9,13-15H2,1-8H3,(H,47,57)(H,37,38,40)(H2,41,42,43,45,46)/t19-,20+,21+,23+,25+,26+,27?,28+,32+,55?,56?/m0/s1. The van der Waals surface area contributed by atoms with E-state index in [2.05, 4.69) is 47.8 Å². The number of hydrogen-bond acceptors (Lipinski definition) is 17. The number of nitrogens with zero attached hydrogens (tertiary/aromatic N) is 6. The molecule has 3 aromatic heterocycles. The number of carbonyl (C=O) groups is 1. The lowest BCUT2D eigenvalue weighted by Crippen LogP contribution is -2.51. The van der Waals surface area contributed by atoms with Gasteiger partial charge >= 0.3 is 13.5 Å². The van der Waals surface area contributed by atoms with Gasteiger partial charge in [-0.25, -0.2) is 23.9 Å². The van der Waals surface area contributed by atoms with E-state index in [1.54, 1.807) is 26.8 Å². The highest BCUT2D eigenvalue weighted by atomic mass is 32.7. The van der Waals surface area contributed by atoms with Crippen LogP contribution in [0.3, 0.4) is 0 Å². The van der Waals surface area contributed by atoms with E-state index < -0.39 is 94.1 Å². The number of aromatic amines is 1. The molecule has 19 nitrogen and oxygen atoms in total. The van der Waals surface area contributed by atoms with Crippen LogP contribution in [0.2, 0.25) is 18.1 Å². The molecule has 2 saturated heterocycles. The molecule has 3 aliphatic rings. The van der Waals surface area contributed by atoms with Gasteiger partial charge in [0.2, 0.25) is 11.9 Å². The van der Waals surface area contributed by atoms with Crippen molar-refractivity contribution in [2.75, 3.05) is 23.8 Å². The molecular weight excluding hydrogens is 868 g/mol. The summed E-state index contributed by atoms with van der Waals surface area (Å²) < 4.78 is 77.2. The summed E-state index contributed by atoms with van der Waals surface area (Å²) in [4.78, 5) is 45.4. The Morgan fingerprint density at radius 2 is 1.98 bits per heavy atom. The number of halogens is 1. The number of carbonyl (C=O) groups excluding carboxylic acids is 1. The number of nitriles is 1. The second-order valence-electron chi connectivity index (χ2n) is 16.4. The fourth-order valence-electron chi connectivity index (χ4n) is 6.64. The van der Waals surface area contributed by atoms with Crippen LogP contribution >= 0.6 is 25.8 Å². The van der Waals surface area contributed by atoms with Crippen LogP contribution in [-0.4, -0.2) is 99.7 Å². The summed E-state index contributed by atoms with van der Waals surface area (Å²) in [7, 11) is -2.75. The summed E-state index contributed by atoms with van der Waals surface area (Å²) in [6.07, 6.45) is -4.65. The molecule has 2 aliphatic heterocycles. The first-order chi connectivity index (χ1) is 27.6. The first-order valence-electron chi connectivity index (χ1n) is 19.0. The van der Waals surface area contributed by atoms with Gasteiger partial charge in [-0.3, -0.25) is 38.0 Å². The highest BCUT2D eigenvalue weighted by molar-refractivity contribution is 8.44. The third kappa shape index (κ3) is 10.3. The summed E-state index contributed by atoms with van der Waals surface area (Å²) in [5.74, 6) is -1.37. The lowest BCUT2D eigenvalue weighted by atomic mass is 10.1. The molecule has 11 atom stereocenters. The van der Waals surface area contributed by atoms with E-state index in [1.807, 2.05) is 39.9 Å². The van der Waals surface area contributed by atoms with Gasteiger partial charge in [0.05, 0.1) is 44.2 Å². The van der Waals surface area contributed by atoms with Crippen molar-refractivity contribution in [2.24, 2.45) is 11.8 Å². The van der Waals surface area contributed by atoms with Gasteiger partial charge in [-0.1, -0.05) is 46.9 Å². The molecule has 3 fully saturated rings. The molecule has 6 rings (SSSR count). The number of hydrogen-bond donors (Lipinski definition) is 4. The van der Waals surface area contributed by atoms with Crippen molar-refractivity contribution in [3.8, 4) is 6.07 Å². The summed E-state index contributed by atoms with van der Waals surface area (Å²) in [6.45, 7) is 6.31. The normalized spacial score (nSPS) is 33.1. The Morgan fingerprint density at radius 1 is 1.24 bits per heavy atom. The van der Waals surface area contributed by atoms with E-state index in [0.29, 0.717) is 5.82 Å². The lowest BCUT2D eigenvalue weighted by Gasteiger charge is -2.41. The van der Waals surface area contributed by atoms with Crippen molar-refractivity contribution in [2.45, 2.75) is 121 Å². The molecule has 0 radical (unpaired) electrons. The number of rotatable bonds is 10. The smallest absolute Gasteiger partial charge is 0.386 e. The van der Waals surface area contributed by atoms with Crippen LogP contribution in [0, 0.1) is 23.2 Å². The van der Waals surface area contributed by atoms with E-state index in [9.17, 15) is 19.4 Å². The Labute approximate surface area is 352 Å². The Bertz CT molecular complexity index is 2200. The van der Waals surface area contributed by atoms with Crippen LogP contribution in [0.25, 0.3) is 11.2 Å². The molecule has 0 spiro atoms. The fraction of sp³-hybridized carbons (Fsp3) is 0.676. The van der Waals surface area contributed by atoms with Gasteiger partial charge in [0.25, 0.3) is 5.56 Å². The minimum Gasteiger partial charge on any atom is -0.408 e. The maximum Gasteiger partial charge on any atom is 0.386 e. The predicted molar refractivity (Wildman–Crippen MR) is 223 cm³/mol. The van der Waals surface area contributed by atoms with Crippen LogP contribution in [0.5, 0.6) is 0 Å². The van der Waals surface area contributed by atoms with Gasteiger partial charge in [-0.05, 0) is 49.4 Å². The number of thiol groups is 1. The molecule has 3 N–H and O–H groups in total. The summed E-state index contributed by atoms with van der Waals surface area (Å²) >= 11 is 10.4. The zero-order valence-electron chi connectivity index (χ0n) is 33.8. The SMILES string of the molecule is CC(C)C(=O)Nc1nc2c(ncn2[C@@H]2O[C@H]3C(O[Si](C)(C)C(C)(C)C)[C@H]2OP(=S)(OCCC#N)OC[C@H]2C[C@@H](Nc4ccncn4)[C@@H](F)[C@@H]2OP(=O)(S)O[C@H]3C)c(=O)[nH]1.